The van der Waals surface area contributed by atoms with E-state index in [1.165, 1.54) is 0 Å². The van der Waals surface area contributed by atoms with Gasteiger partial charge in [-0.1, -0.05) is 13.8 Å². The van der Waals surface area contributed by atoms with Crippen LogP contribution in [-0.4, -0.2) is 64.6 Å². The van der Waals surface area contributed by atoms with Gasteiger partial charge in [0, 0.05) is 6.54 Å². The molecular formula is C16H30N6O6. The monoisotopic (exact) mass is 402 g/mol. The highest BCUT2D eigenvalue weighted by Crippen LogP contribution is 2.07. The van der Waals surface area contributed by atoms with Crippen molar-refractivity contribution in [1.29, 1.82) is 0 Å². The normalized spacial score (nSPS) is 13.9. The molecule has 0 aliphatic heterocycles. The third-order valence-corrected chi connectivity index (χ3v) is 3.63. The van der Waals surface area contributed by atoms with Crippen LogP contribution in [0.1, 0.15) is 39.5 Å². The summed E-state index contributed by atoms with van der Waals surface area (Å²) in [4.78, 5) is 50.4. The Kier molecular flexibility index (Phi) is 11.2. The van der Waals surface area contributed by atoms with E-state index in [1.807, 2.05) is 13.8 Å². The third kappa shape index (κ3) is 11.0. The van der Waals surface area contributed by atoms with Gasteiger partial charge in [-0.15, -0.1) is 0 Å². The number of nitrogens with two attached hydrogens (primary N) is 3. The number of hydrogen-bond acceptors (Lipinski definition) is 6. The van der Waals surface area contributed by atoms with Crippen molar-refractivity contribution in [2.24, 2.45) is 28.1 Å². The molecule has 0 aliphatic carbocycles. The first-order valence-corrected chi connectivity index (χ1v) is 8.80. The predicted molar refractivity (Wildman–Crippen MR) is 101 cm³/mol. The molecular weight excluding hydrogens is 372 g/mol. The predicted octanol–water partition coefficient (Wildman–Crippen LogP) is -2.06. The van der Waals surface area contributed by atoms with Crippen LogP contribution in [0.2, 0.25) is 0 Å². The van der Waals surface area contributed by atoms with Crippen LogP contribution < -0.4 is 27.8 Å². The minimum atomic E-state index is -1.35. The number of carbonyl (C=O) groups excluding carboxylic acids is 2. The van der Waals surface area contributed by atoms with Crippen LogP contribution in [-0.2, 0) is 19.2 Å². The number of rotatable bonds is 13. The number of guanidine groups is 1. The quantitative estimate of drug-likeness (QED) is 0.102. The number of hydrogen-bond donors (Lipinski definition) is 7. The van der Waals surface area contributed by atoms with Crippen molar-refractivity contribution >= 4 is 29.7 Å². The Morgan fingerprint density at radius 3 is 2.04 bits per heavy atom. The highest BCUT2D eigenvalue weighted by molar-refractivity contribution is 5.92. The van der Waals surface area contributed by atoms with Crippen LogP contribution in [0.25, 0.3) is 0 Å². The lowest BCUT2D eigenvalue weighted by Gasteiger charge is -2.23. The molecule has 0 spiro atoms. The van der Waals surface area contributed by atoms with Gasteiger partial charge in [0.2, 0.25) is 11.8 Å². The smallest absolute Gasteiger partial charge is 0.326 e. The van der Waals surface area contributed by atoms with E-state index < -0.39 is 48.3 Å². The van der Waals surface area contributed by atoms with Crippen molar-refractivity contribution < 1.29 is 29.4 Å². The molecule has 12 nitrogen and oxygen atoms in total. The molecule has 0 heterocycles. The highest BCUT2D eigenvalue weighted by atomic mass is 16.4. The standard InChI is InChI=1S/C16H30N6O6/c1-8(2)6-11(15(27)28)22-14(26)10(4-3-5-20-16(18)19)21-13(25)9(17)7-12(23)24/h8-11H,3-7,17H2,1-2H3,(H,21,25)(H,22,26)(H,23,24)(H,27,28)(H4,18,19,20)/t9-,10-,11-/m0/s1. The molecule has 0 unspecified atom stereocenters. The molecule has 0 aromatic heterocycles. The summed E-state index contributed by atoms with van der Waals surface area (Å²) >= 11 is 0. The van der Waals surface area contributed by atoms with Gasteiger partial charge in [0.25, 0.3) is 0 Å². The summed E-state index contributed by atoms with van der Waals surface area (Å²) < 4.78 is 0. The van der Waals surface area contributed by atoms with Crippen LogP contribution in [0.4, 0.5) is 0 Å². The number of carbonyl (C=O) groups is 4. The Labute approximate surface area is 162 Å². The Morgan fingerprint density at radius 2 is 1.57 bits per heavy atom. The molecule has 0 rings (SSSR count). The van der Waals surface area contributed by atoms with Crippen LogP contribution in [0.3, 0.4) is 0 Å². The Hall–Kier alpha value is -2.89. The lowest BCUT2D eigenvalue weighted by Crippen LogP contribution is -2.54. The molecule has 0 saturated heterocycles. The largest absolute Gasteiger partial charge is 0.481 e. The first kappa shape index (κ1) is 25.1. The second kappa shape index (κ2) is 12.5. The molecule has 0 aromatic rings. The molecule has 0 fully saturated rings. The first-order chi connectivity index (χ1) is 12.9. The SMILES string of the molecule is CC(C)C[C@H](NC(=O)[C@H](CCCN=C(N)N)NC(=O)[C@@H](N)CC(=O)O)C(=O)O. The van der Waals surface area contributed by atoms with Crippen LogP contribution in [0.5, 0.6) is 0 Å². The Bertz CT molecular complexity index is 590. The van der Waals surface area contributed by atoms with E-state index in [9.17, 15) is 24.3 Å². The van der Waals surface area contributed by atoms with Crippen molar-refractivity contribution in [2.45, 2.75) is 57.7 Å². The maximum atomic E-state index is 12.5. The van der Waals surface area contributed by atoms with E-state index in [4.69, 9.17) is 22.3 Å². The van der Waals surface area contributed by atoms with Gasteiger partial charge in [-0.2, -0.15) is 0 Å². The fourth-order valence-electron chi connectivity index (χ4n) is 2.30. The van der Waals surface area contributed by atoms with Gasteiger partial charge in [-0.25, -0.2) is 4.79 Å². The first-order valence-electron chi connectivity index (χ1n) is 8.80. The van der Waals surface area contributed by atoms with Crippen molar-refractivity contribution in [3.63, 3.8) is 0 Å². The zero-order chi connectivity index (χ0) is 21.9. The summed E-state index contributed by atoms with van der Waals surface area (Å²) in [6.45, 7) is 3.81. The number of amides is 2. The molecule has 0 saturated carbocycles. The van der Waals surface area contributed by atoms with Crippen molar-refractivity contribution in [2.75, 3.05) is 6.54 Å². The fourth-order valence-corrected chi connectivity index (χ4v) is 2.30. The highest BCUT2D eigenvalue weighted by Gasteiger charge is 2.28. The molecule has 3 atom stereocenters. The molecule has 0 bridgehead atoms. The van der Waals surface area contributed by atoms with Gasteiger partial charge in [0.15, 0.2) is 5.96 Å². The molecule has 12 heteroatoms. The number of carboxylic acids is 2. The van der Waals surface area contributed by atoms with E-state index in [-0.39, 0.29) is 31.3 Å². The summed E-state index contributed by atoms with van der Waals surface area (Å²) in [5.74, 6) is -4.13. The van der Waals surface area contributed by atoms with Gasteiger partial charge >= 0.3 is 11.9 Å². The zero-order valence-electron chi connectivity index (χ0n) is 16.1. The molecule has 0 aliphatic rings. The average molecular weight is 402 g/mol. The lowest BCUT2D eigenvalue weighted by atomic mass is 10.0. The number of carboxylic acid groups (broad SMARTS) is 2. The van der Waals surface area contributed by atoms with E-state index >= 15 is 0 Å². The van der Waals surface area contributed by atoms with Crippen LogP contribution in [0, 0.1) is 5.92 Å². The summed E-state index contributed by atoms with van der Waals surface area (Å²) in [7, 11) is 0. The van der Waals surface area contributed by atoms with E-state index in [1.54, 1.807) is 0 Å². The zero-order valence-corrected chi connectivity index (χ0v) is 16.1. The van der Waals surface area contributed by atoms with Gasteiger partial charge < -0.3 is 38.0 Å². The number of aliphatic carboxylic acids is 2. The lowest BCUT2D eigenvalue weighted by molar-refractivity contribution is -0.143. The van der Waals surface area contributed by atoms with E-state index in [0.717, 1.165) is 0 Å². The molecule has 0 aromatic carbocycles. The van der Waals surface area contributed by atoms with Crippen molar-refractivity contribution in [3.05, 3.63) is 0 Å². The summed E-state index contributed by atoms with van der Waals surface area (Å²) in [6, 6.07) is -3.59. The van der Waals surface area contributed by atoms with Crippen molar-refractivity contribution in [1.82, 2.24) is 10.6 Å². The van der Waals surface area contributed by atoms with E-state index in [2.05, 4.69) is 15.6 Å². The number of nitrogens with one attached hydrogen (secondary N) is 2. The van der Waals surface area contributed by atoms with Crippen LogP contribution in [0.15, 0.2) is 4.99 Å². The third-order valence-electron chi connectivity index (χ3n) is 3.63. The molecule has 2 amide bonds. The Balaban J connectivity index is 5.14. The fraction of sp³-hybridized carbons (Fsp3) is 0.688. The van der Waals surface area contributed by atoms with Gasteiger partial charge in [0.05, 0.1) is 12.5 Å². The van der Waals surface area contributed by atoms with Gasteiger partial charge in [-0.3, -0.25) is 19.4 Å². The average Bonchev–Trinajstić information content (AvgIpc) is 2.55. The summed E-state index contributed by atoms with van der Waals surface area (Å²) in [5.41, 5.74) is 15.9. The maximum Gasteiger partial charge on any atom is 0.326 e. The number of aliphatic imine (C=N–C) groups is 1. The Morgan fingerprint density at radius 1 is 1.00 bits per heavy atom. The maximum absolute atomic E-state index is 12.5. The number of nitrogens with zero attached hydrogens (tertiary/aromatic N) is 1. The molecule has 28 heavy (non-hydrogen) atoms. The molecule has 10 N–H and O–H groups in total. The topological polar surface area (TPSA) is 223 Å². The summed E-state index contributed by atoms with van der Waals surface area (Å²) in [5, 5.41) is 22.7. The van der Waals surface area contributed by atoms with Crippen LogP contribution >= 0.6 is 0 Å². The van der Waals surface area contributed by atoms with Crippen molar-refractivity contribution in [3.8, 4) is 0 Å². The summed E-state index contributed by atoms with van der Waals surface area (Å²) in [6.07, 6.45) is 0.00204. The second-order valence-electron chi connectivity index (χ2n) is 6.74. The molecule has 0 radical (unpaired) electrons. The van der Waals surface area contributed by atoms with Gasteiger partial charge in [0.1, 0.15) is 12.1 Å². The van der Waals surface area contributed by atoms with E-state index in [0.29, 0.717) is 6.42 Å². The minimum absolute atomic E-state index is 0.0142. The second-order valence-corrected chi connectivity index (χ2v) is 6.74. The molecule has 160 valence electrons. The van der Waals surface area contributed by atoms with Gasteiger partial charge in [-0.05, 0) is 25.2 Å². The minimum Gasteiger partial charge on any atom is -0.481 e.